The molecule has 3 aromatic rings. The van der Waals surface area contributed by atoms with Gasteiger partial charge in [0.1, 0.15) is 17.4 Å². The zero-order valence-electron chi connectivity index (χ0n) is 18.9. The number of halogens is 1. The summed E-state index contributed by atoms with van der Waals surface area (Å²) in [5, 5.41) is 12.1. The number of carbonyl (C=O) groups excluding carboxylic acids is 1. The van der Waals surface area contributed by atoms with Gasteiger partial charge in [-0.25, -0.2) is 13.4 Å². The van der Waals surface area contributed by atoms with Gasteiger partial charge >= 0.3 is 0 Å². The second-order valence-electron chi connectivity index (χ2n) is 7.23. The number of hydrogen-bond donors (Lipinski definition) is 1. The van der Waals surface area contributed by atoms with Crippen molar-refractivity contribution in [3.05, 3.63) is 76.4 Å². The van der Waals surface area contributed by atoms with Crippen molar-refractivity contribution in [1.82, 2.24) is 9.29 Å². The highest BCUT2D eigenvalue weighted by Gasteiger charge is 2.24. The maximum atomic E-state index is 13.0. The first-order valence-corrected chi connectivity index (χ1v) is 12.3. The second kappa shape index (κ2) is 10.7. The number of hydrogen-bond acceptors (Lipinski definition) is 6. The van der Waals surface area contributed by atoms with Crippen molar-refractivity contribution < 1.29 is 17.9 Å². The first kappa shape index (κ1) is 25.2. The molecular weight excluding hydrogens is 476 g/mol. The van der Waals surface area contributed by atoms with Crippen LogP contribution in [0.4, 0.5) is 5.69 Å². The number of rotatable bonds is 8. The minimum Gasteiger partial charge on any atom is -0.438 e. The number of pyridine rings is 1. The predicted octanol–water partition coefficient (Wildman–Crippen LogP) is 4.99. The molecule has 34 heavy (non-hydrogen) atoms. The van der Waals surface area contributed by atoms with E-state index in [9.17, 15) is 18.5 Å². The first-order valence-electron chi connectivity index (χ1n) is 10.5. The maximum Gasteiger partial charge on any atom is 0.257 e. The molecule has 8 nitrogen and oxygen atoms in total. The molecule has 10 heteroatoms. The molecule has 3 rings (SSSR count). The normalized spacial score (nSPS) is 11.2. The number of benzene rings is 2. The number of sulfonamides is 1. The Hall–Kier alpha value is -3.45. The van der Waals surface area contributed by atoms with Crippen molar-refractivity contribution >= 4 is 33.2 Å². The molecule has 1 amide bonds. The Morgan fingerprint density at radius 2 is 1.91 bits per heavy atom. The van der Waals surface area contributed by atoms with Crippen LogP contribution in [0.5, 0.6) is 11.6 Å². The van der Waals surface area contributed by atoms with Gasteiger partial charge < -0.3 is 10.1 Å². The van der Waals surface area contributed by atoms with Crippen LogP contribution in [0.25, 0.3) is 0 Å². The van der Waals surface area contributed by atoms with Crippen LogP contribution < -0.4 is 10.1 Å². The number of nitrogens with zero attached hydrogens (tertiary/aromatic N) is 3. The third-order valence-corrected chi connectivity index (χ3v) is 7.45. The molecule has 0 aliphatic heterocycles. The fraction of sp³-hybridized carbons (Fsp3) is 0.208. The van der Waals surface area contributed by atoms with Gasteiger partial charge in [0.05, 0.1) is 15.5 Å². The summed E-state index contributed by atoms with van der Waals surface area (Å²) in [6, 6.07) is 14.3. The SMILES string of the molecule is CCN(CC)S(=O)(=O)c1ccc(Cl)c(C(=O)Nc2ccc(Oc3ncccc3C#N)cc2C)c1. The summed E-state index contributed by atoms with van der Waals surface area (Å²) in [7, 11) is -3.75. The smallest absolute Gasteiger partial charge is 0.257 e. The topological polar surface area (TPSA) is 112 Å². The maximum absolute atomic E-state index is 13.0. The van der Waals surface area contributed by atoms with Gasteiger partial charge in [-0.15, -0.1) is 0 Å². The fourth-order valence-corrected chi connectivity index (χ4v) is 4.94. The Labute approximate surface area is 203 Å². The molecule has 0 aliphatic carbocycles. The van der Waals surface area contributed by atoms with Crippen molar-refractivity contribution in [2.24, 2.45) is 0 Å². The molecule has 1 heterocycles. The number of ether oxygens (including phenoxy) is 1. The molecule has 0 radical (unpaired) electrons. The van der Waals surface area contributed by atoms with Gasteiger partial charge in [0.15, 0.2) is 0 Å². The summed E-state index contributed by atoms with van der Waals surface area (Å²) < 4.78 is 32.7. The molecule has 0 bridgehead atoms. The Bertz CT molecular complexity index is 1370. The summed E-state index contributed by atoms with van der Waals surface area (Å²) in [5.74, 6) is 0.0742. The number of nitrogens with one attached hydrogen (secondary N) is 1. The zero-order chi connectivity index (χ0) is 24.9. The van der Waals surface area contributed by atoms with Gasteiger partial charge in [-0.3, -0.25) is 4.79 Å². The average molecular weight is 499 g/mol. The minimum absolute atomic E-state index is 0.00474. The molecule has 0 saturated heterocycles. The van der Waals surface area contributed by atoms with Crippen LogP contribution in [0.1, 0.15) is 35.3 Å². The molecule has 1 aromatic heterocycles. The molecule has 0 unspecified atom stereocenters. The number of nitriles is 1. The standard InChI is InChI=1S/C24H23ClN4O4S/c1-4-29(5-2)34(31,32)19-9-10-21(25)20(14-19)23(30)28-22-11-8-18(13-16(22)3)33-24-17(15-26)7-6-12-27-24/h6-14H,4-5H2,1-3H3,(H,28,30). The minimum atomic E-state index is -3.75. The zero-order valence-corrected chi connectivity index (χ0v) is 20.4. The molecule has 0 fully saturated rings. The molecular formula is C24H23ClN4O4S. The van der Waals surface area contributed by atoms with Crippen molar-refractivity contribution in [2.75, 3.05) is 18.4 Å². The van der Waals surface area contributed by atoms with Crippen molar-refractivity contribution in [3.8, 4) is 17.7 Å². The van der Waals surface area contributed by atoms with Crippen LogP contribution in [0, 0.1) is 18.3 Å². The van der Waals surface area contributed by atoms with Gasteiger partial charge in [0, 0.05) is 25.0 Å². The van der Waals surface area contributed by atoms with Crippen LogP contribution in [0.15, 0.2) is 59.6 Å². The van der Waals surface area contributed by atoms with Crippen LogP contribution in [0.3, 0.4) is 0 Å². The van der Waals surface area contributed by atoms with E-state index in [0.29, 0.717) is 35.7 Å². The van der Waals surface area contributed by atoms with Gasteiger partial charge in [0.2, 0.25) is 15.9 Å². The van der Waals surface area contributed by atoms with E-state index < -0.39 is 15.9 Å². The summed E-state index contributed by atoms with van der Waals surface area (Å²) >= 11 is 6.22. The molecule has 0 atom stereocenters. The van der Waals surface area contributed by atoms with Crippen LogP contribution in [0.2, 0.25) is 5.02 Å². The lowest BCUT2D eigenvalue weighted by Gasteiger charge is -2.19. The van der Waals surface area contributed by atoms with E-state index in [0.717, 1.165) is 0 Å². The molecule has 0 saturated carbocycles. The third-order valence-electron chi connectivity index (χ3n) is 5.08. The molecule has 0 aliphatic rings. The third kappa shape index (κ3) is 5.37. The van der Waals surface area contributed by atoms with Crippen LogP contribution >= 0.6 is 11.6 Å². The Kier molecular flexibility index (Phi) is 7.89. The van der Waals surface area contributed by atoms with Crippen molar-refractivity contribution in [1.29, 1.82) is 5.26 Å². The summed E-state index contributed by atoms with van der Waals surface area (Å²) in [4.78, 5) is 17.0. The average Bonchev–Trinajstić information content (AvgIpc) is 2.82. The molecule has 176 valence electrons. The Morgan fingerprint density at radius 3 is 2.56 bits per heavy atom. The summed E-state index contributed by atoms with van der Waals surface area (Å²) in [5.41, 5.74) is 1.52. The number of aromatic nitrogens is 1. The Morgan fingerprint density at radius 1 is 1.18 bits per heavy atom. The second-order valence-corrected chi connectivity index (χ2v) is 9.58. The summed E-state index contributed by atoms with van der Waals surface area (Å²) in [6.07, 6.45) is 1.52. The van der Waals surface area contributed by atoms with Gasteiger partial charge in [-0.1, -0.05) is 25.4 Å². The highest BCUT2D eigenvalue weighted by molar-refractivity contribution is 7.89. The number of aryl methyl sites for hydroxylation is 1. The number of carbonyl (C=O) groups is 1. The van der Waals surface area contributed by atoms with E-state index >= 15 is 0 Å². The largest absolute Gasteiger partial charge is 0.438 e. The molecule has 1 N–H and O–H groups in total. The first-order chi connectivity index (χ1) is 16.2. The highest BCUT2D eigenvalue weighted by atomic mass is 35.5. The van der Waals surface area contributed by atoms with E-state index in [1.165, 1.54) is 28.7 Å². The lowest BCUT2D eigenvalue weighted by molar-refractivity contribution is 0.102. The van der Waals surface area contributed by atoms with E-state index in [4.69, 9.17) is 16.3 Å². The molecule has 0 spiro atoms. The van der Waals surface area contributed by atoms with Gasteiger partial charge in [-0.05, 0) is 61.0 Å². The van der Waals surface area contributed by atoms with E-state index in [1.807, 2.05) is 6.07 Å². The monoisotopic (exact) mass is 498 g/mol. The van der Waals surface area contributed by atoms with Crippen molar-refractivity contribution in [2.45, 2.75) is 25.7 Å². The van der Waals surface area contributed by atoms with Gasteiger partial charge in [0.25, 0.3) is 5.91 Å². The van der Waals surface area contributed by atoms with E-state index in [1.54, 1.807) is 51.1 Å². The molecule has 2 aromatic carbocycles. The lowest BCUT2D eigenvalue weighted by atomic mass is 10.1. The quantitative estimate of drug-likeness (QED) is 0.468. The van der Waals surface area contributed by atoms with Crippen LogP contribution in [-0.4, -0.2) is 36.7 Å². The summed E-state index contributed by atoms with van der Waals surface area (Å²) in [6.45, 7) is 5.89. The van der Waals surface area contributed by atoms with Gasteiger partial charge in [-0.2, -0.15) is 9.57 Å². The predicted molar refractivity (Wildman–Crippen MR) is 130 cm³/mol. The number of anilines is 1. The highest BCUT2D eigenvalue weighted by Crippen LogP contribution is 2.28. The lowest BCUT2D eigenvalue weighted by Crippen LogP contribution is -2.30. The van der Waals surface area contributed by atoms with Crippen LogP contribution in [-0.2, 0) is 10.0 Å². The van der Waals surface area contributed by atoms with E-state index in [-0.39, 0.29) is 21.4 Å². The van der Waals surface area contributed by atoms with Crippen molar-refractivity contribution in [3.63, 3.8) is 0 Å². The number of amides is 1. The van der Waals surface area contributed by atoms with E-state index in [2.05, 4.69) is 10.3 Å². The Balaban J connectivity index is 1.84. The fourth-order valence-electron chi connectivity index (χ4n) is 3.25.